The summed E-state index contributed by atoms with van der Waals surface area (Å²) in [6, 6.07) is 9.01. The number of hydrogen-bond acceptors (Lipinski definition) is 5. The fraction of sp³-hybridized carbons (Fsp3) is 0.478. The third kappa shape index (κ3) is 4.69. The van der Waals surface area contributed by atoms with Gasteiger partial charge in [0.1, 0.15) is 5.82 Å². The molecule has 174 valence electrons. The summed E-state index contributed by atoms with van der Waals surface area (Å²) in [4.78, 5) is 17.2. The number of aromatic nitrogens is 3. The van der Waals surface area contributed by atoms with E-state index in [0.29, 0.717) is 48.3 Å². The highest BCUT2D eigenvalue weighted by Crippen LogP contribution is 2.49. The van der Waals surface area contributed by atoms with Crippen LogP contribution >= 0.6 is 11.6 Å². The van der Waals surface area contributed by atoms with E-state index in [2.05, 4.69) is 20.5 Å². The van der Waals surface area contributed by atoms with Crippen molar-refractivity contribution in [1.82, 2.24) is 15.2 Å². The lowest BCUT2D eigenvalue weighted by atomic mass is 9.74. The van der Waals surface area contributed by atoms with Crippen LogP contribution in [-0.2, 0) is 4.79 Å². The summed E-state index contributed by atoms with van der Waals surface area (Å²) in [5.41, 5.74) is 0.751. The smallest absolute Gasteiger partial charge is 0.391 e. The van der Waals surface area contributed by atoms with Gasteiger partial charge in [-0.2, -0.15) is 13.2 Å². The first-order valence-corrected chi connectivity index (χ1v) is 11.4. The van der Waals surface area contributed by atoms with Gasteiger partial charge in [-0.3, -0.25) is 4.79 Å². The zero-order chi connectivity index (χ0) is 23.2. The number of carbonyl (C=O) groups is 1. The van der Waals surface area contributed by atoms with E-state index in [-0.39, 0.29) is 36.5 Å². The fourth-order valence-corrected chi connectivity index (χ4v) is 4.84. The number of halogens is 4. The lowest BCUT2D eigenvalue weighted by Crippen LogP contribution is -2.34. The first-order valence-electron chi connectivity index (χ1n) is 11.0. The van der Waals surface area contributed by atoms with E-state index < -0.39 is 12.1 Å². The molecule has 33 heavy (non-hydrogen) atoms. The van der Waals surface area contributed by atoms with E-state index in [0.717, 1.165) is 10.9 Å². The van der Waals surface area contributed by atoms with Crippen LogP contribution in [0, 0.1) is 11.8 Å². The van der Waals surface area contributed by atoms with Gasteiger partial charge in [0, 0.05) is 28.2 Å². The van der Waals surface area contributed by atoms with Crippen molar-refractivity contribution in [2.45, 2.75) is 56.5 Å². The molecule has 0 bridgehead atoms. The molecule has 2 aromatic heterocycles. The average Bonchev–Trinajstić information content (AvgIpc) is 3.21. The van der Waals surface area contributed by atoms with E-state index >= 15 is 0 Å². The van der Waals surface area contributed by atoms with E-state index in [1.54, 1.807) is 12.1 Å². The first-order chi connectivity index (χ1) is 15.8. The normalized spacial score (nSPS) is 25.6. The minimum Gasteiger partial charge on any atom is -0.425 e. The van der Waals surface area contributed by atoms with E-state index in [9.17, 15) is 18.0 Å². The van der Waals surface area contributed by atoms with Crippen LogP contribution in [-0.4, -0.2) is 27.3 Å². The van der Waals surface area contributed by atoms with E-state index in [1.807, 2.05) is 18.2 Å². The second-order valence-electron chi connectivity index (χ2n) is 8.96. The van der Waals surface area contributed by atoms with Crippen molar-refractivity contribution in [3.05, 3.63) is 47.1 Å². The summed E-state index contributed by atoms with van der Waals surface area (Å²) >= 11 is 6.00. The van der Waals surface area contributed by atoms with Crippen molar-refractivity contribution in [3.63, 3.8) is 0 Å². The molecule has 6 nitrogen and oxygen atoms in total. The highest BCUT2D eigenvalue weighted by atomic mass is 35.5. The molecule has 2 aliphatic rings. The number of pyridine rings is 1. The minimum atomic E-state index is -4.16. The summed E-state index contributed by atoms with van der Waals surface area (Å²) in [5.74, 6) is -0.525. The van der Waals surface area contributed by atoms with Gasteiger partial charge in [0.2, 0.25) is 17.7 Å². The van der Waals surface area contributed by atoms with Crippen LogP contribution in [0.3, 0.4) is 0 Å². The molecule has 5 rings (SSSR count). The summed E-state index contributed by atoms with van der Waals surface area (Å²) in [6.45, 7) is 0. The number of nitrogens with one attached hydrogen (secondary N) is 1. The van der Waals surface area contributed by atoms with Crippen molar-refractivity contribution in [3.8, 4) is 0 Å². The molecule has 2 heterocycles. The number of nitrogens with zero attached hydrogens (tertiary/aromatic N) is 3. The second kappa shape index (κ2) is 8.59. The van der Waals surface area contributed by atoms with Gasteiger partial charge in [-0.15, -0.1) is 10.2 Å². The van der Waals surface area contributed by atoms with Crippen LogP contribution in [0.5, 0.6) is 0 Å². The lowest BCUT2D eigenvalue weighted by molar-refractivity contribution is -0.198. The largest absolute Gasteiger partial charge is 0.425 e. The first kappa shape index (κ1) is 22.1. The zero-order valence-electron chi connectivity index (χ0n) is 17.6. The van der Waals surface area contributed by atoms with Gasteiger partial charge in [0.05, 0.1) is 11.4 Å². The summed E-state index contributed by atoms with van der Waals surface area (Å²) in [7, 11) is 0. The summed E-state index contributed by atoms with van der Waals surface area (Å²) < 4.78 is 43.8. The fourth-order valence-electron chi connectivity index (χ4n) is 4.66. The molecule has 0 unspecified atom stereocenters. The zero-order valence-corrected chi connectivity index (χ0v) is 18.4. The standard InChI is InChI=1S/C23H22ClF3N4O2/c24-17-6-7-18-14(11-17)5-8-19(28-18)29-20(32)12-1-3-13(4-2-12)21-30-31-22(33-21)15-9-16(10-15)23(25,26)27/h5-8,11-13,15-16H,1-4,9-10H2,(H,28,29,32)/t12-,13-,15-,16+. The minimum absolute atomic E-state index is 0.00783. The van der Waals surface area contributed by atoms with Crippen LogP contribution in [0.25, 0.3) is 10.9 Å². The predicted molar refractivity (Wildman–Crippen MR) is 116 cm³/mol. The van der Waals surface area contributed by atoms with Crippen LogP contribution in [0.4, 0.5) is 19.0 Å². The highest BCUT2D eigenvalue weighted by Gasteiger charge is 2.49. The third-order valence-electron chi connectivity index (χ3n) is 6.76. The quantitative estimate of drug-likeness (QED) is 0.480. The van der Waals surface area contributed by atoms with Crippen LogP contribution < -0.4 is 5.32 Å². The summed E-state index contributed by atoms with van der Waals surface area (Å²) in [5, 5.41) is 12.5. The Morgan fingerprint density at radius 2 is 1.70 bits per heavy atom. The molecule has 2 fully saturated rings. The maximum absolute atomic E-state index is 12.7. The lowest BCUT2D eigenvalue weighted by Gasteiger charge is -2.34. The monoisotopic (exact) mass is 478 g/mol. The predicted octanol–water partition coefficient (Wildman–Crippen LogP) is 6.24. The van der Waals surface area contributed by atoms with Crippen molar-refractivity contribution < 1.29 is 22.4 Å². The maximum Gasteiger partial charge on any atom is 0.391 e. The molecule has 10 heteroatoms. The number of amides is 1. The molecular weight excluding hydrogens is 457 g/mol. The Labute approximate surface area is 192 Å². The Morgan fingerprint density at radius 1 is 1.00 bits per heavy atom. The van der Waals surface area contributed by atoms with Gasteiger partial charge in [0.15, 0.2) is 0 Å². The Balaban J connectivity index is 1.14. The Morgan fingerprint density at radius 3 is 2.39 bits per heavy atom. The highest BCUT2D eigenvalue weighted by molar-refractivity contribution is 6.31. The third-order valence-corrected chi connectivity index (χ3v) is 6.99. The molecule has 1 N–H and O–H groups in total. The second-order valence-corrected chi connectivity index (χ2v) is 9.39. The number of carbonyl (C=O) groups excluding carboxylic acids is 1. The van der Waals surface area contributed by atoms with E-state index in [1.165, 1.54) is 0 Å². The Bertz CT molecular complexity index is 1170. The Hall–Kier alpha value is -2.68. The maximum atomic E-state index is 12.7. The molecule has 0 atom stereocenters. The number of alkyl halides is 3. The molecule has 3 aromatic rings. The summed E-state index contributed by atoms with van der Waals surface area (Å²) in [6.07, 6.45) is -1.40. The number of benzene rings is 1. The molecule has 0 radical (unpaired) electrons. The topological polar surface area (TPSA) is 80.9 Å². The van der Waals surface area contributed by atoms with Crippen LogP contribution in [0.2, 0.25) is 5.02 Å². The molecule has 1 amide bonds. The van der Waals surface area contributed by atoms with Crippen molar-refractivity contribution in [1.29, 1.82) is 0 Å². The molecular formula is C23H22ClF3N4O2. The van der Waals surface area contributed by atoms with Crippen molar-refractivity contribution in [2.24, 2.45) is 11.8 Å². The number of rotatable bonds is 4. The molecule has 0 spiro atoms. The van der Waals surface area contributed by atoms with Gasteiger partial charge in [-0.05, 0) is 68.9 Å². The number of hydrogen-bond donors (Lipinski definition) is 1. The molecule has 2 aliphatic carbocycles. The number of anilines is 1. The molecule has 0 aliphatic heterocycles. The van der Waals surface area contributed by atoms with Crippen LogP contribution in [0.15, 0.2) is 34.7 Å². The van der Waals surface area contributed by atoms with Gasteiger partial charge in [0.25, 0.3) is 0 Å². The molecule has 1 aromatic carbocycles. The van der Waals surface area contributed by atoms with Crippen molar-refractivity contribution in [2.75, 3.05) is 5.32 Å². The van der Waals surface area contributed by atoms with E-state index in [4.69, 9.17) is 16.0 Å². The number of fused-ring (bicyclic) bond motifs is 1. The Kier molecular flexibility index (Phi) is 5.76. The van der Waals surface area contributed by atoms with Crippen molar-refractivity contribution >= 4 is 34.2 Å². The molecule has 0 saturated heterocycles. The average molecular weight is 479 g/mol. The SMILES string of the molecule is O=C(Nc1ccc2cc(Cl)ccc2n1)[C@H]1CC[C@H](c2nnc([C@H]3C[C@@H](C(F)(F)F)C3)o2)CC1. The van der Waals surface area contributed by atoms with Gasteiger partial charge in [-0.25, -0.2) is 4.98 Å². The molecule has 2 saturated carbocycles. The van der Waals surface area contributed by atoms with Gasteiger partial charge >= 0.3 is 6.18 Å². The van der Waals surface area contributed by atoms with Gasteiger partial charge < -0.3 is 9.73 Å². The van der Waals surface area contributed by atoms with Gasteiger partial charge in [-0.1, -0.05) is 11.6 Å². The van der Waals surface area contributed by atoms with Crippen LogP contribution in [0.1, 0.15) is 62.1 Å².